The highest BCUT2D eigenvalue weighted by molar-refractivity contribution is 7.98. The highest BCUT2D eigenvalue weighted by atomic mass is 32.2. The zero-order valence-corrected chi connectivity index (χ0v) is 9.26. The van der Waals surface area contributed by atoms with E-state index in [0.717, 1.165) is 5.75 Å². The van der Waals surface area contributed by atoms with Gasteiger partial charge in [-0.25, -0.2) is 0 Å². The van der Waals surface area contributed by atoms with Crippen LogP contribution in [0.4, 0.5) is 0 Å². The van der Waals surface area contributed by atoms with Crippen molar-refractivity contribution in [3.8, 4) is 0 Å². The van der Waals surface area contributed by atoms with Crippen molar-refractivity contribution in [3.63, 3.8) is 0 Å². The molecule has 0 aliphatic carbocycles. The summed E-state index contributed by atoms with van der Waals surface area (Å²) in [5.74, 6) is -0.0692. The Morgan fingerprint density at radius 2 is 2.07 bits per heavy atom. The van der Waals surface area contributed by atoms with Gasteiger partial charge in [0.1, 0.15) is 6.04 Å². The number of carbonyl (C=O) groups excluding carboxylic acids is 2. The lowest BCUT2D eigenvalue weighted by atomic mass is 10.2. The molecule has 0 heterocycles. The molecule has 82 valence electrons. The van der Waals surface area contributed by atoms with Crippen molar-refractivity contribution in [1.82, 2.24) is 5.32 Å². The third-order valence-electron chi connectivity index (χ3n) is 1.76. The zero-order chi connectivity index (χ0) is 11.1. The maximum Gasteiger partial charge on any atom is 0.239 e. The van der Waals surface area contributed by atoms with Crippen LogP contribution in [0.5, 0.6) is 0 Å². The van der Waals surface area contributed by atoms with Crippen LogP contribution >= 0.6 is 11.8 Å². The number of rotatable bonds is 6. The normalized spacial score (nSPS) is 14.5. The molecule has 0 aromatic rings. The molecule has 0 bridgehead atoms. The van der Waals surface area contributed by atoms with Gasteiger partial charge in [-0.2, -0.15) is 11.8 Å². The summed E-state index contributed by atoms with van der Waals surface area (Å²) >= 11 is 1.62. The second-order valence-electron chi connectivity index (χ2n) is 3.02. The van der Waals surface area contributed by atoms with Gasteiger partial charge in [-0.3, -0.25) is 9.59 Å². The van der Waals surface area contributed by atoms with Crippen molar-refractivity contribution in [3.05, 3.63) is 0 Å². The molecule has 0 saturated carbocycles. The number of thioether (sulfide) groups is 1. The lowest BCUT2D eigenvalue weighted by molar-refractivity contribution is -0.127. The van der Waals surface area contributed by atoms with E-state index >= 15 is 0 Å². The van der Waals surface area contributed by atoms with E-state index in [4.69, 9.17) is 11.5 Å². The molecule has 0 saturated heterocycles. The first-order valence-corrected chi connectivity index (χ1v) is 5.72. The van der Waals surface area contributed by atoms with Crippen molar-refractivity contribution in [2.75, 3.05) is 12.0 Å². The van der Waals surface area contributed by atoms with Crippen LogP contribution in [-0.4, -0.2) is 35.9 Å². The molecule has 5 N–H and O–H groups in total. The van der Waals surface area contributed by atoms with Gasteiger partial charge in [-0.1, -0.05) is 0 Å². The Morgan fingerprint density at radius 3 is 2.50 bits per heavy atom. The Hall–Kier alpha value is -0.750. The van der Waals surface area contributed by atoms with E-state index in [1.54, 1.807) is 11.8 Å². The smallest absolute Gasteiger partial charge is 0.239 e. The van der Waals surface area contributed by atoms with E-state index in [2.05, 4.69) is 5.32 Å². The summed E-state index contributed by atoms with van der Waals surface area (Å²) in [5, 5.41) is 2.44. The first kappa shape index (κ1) is 13.2. The van der Waals surface area contributed by atoms with Gasteiger partial charge in [0.05, 0.1) is 6.04 Å². The molecule has 0 radical (unpaired) electrons. The van der Waals surface area contributed by atoms with E-state index in [9.17, 15) is 9.59 Å². The Labute approximate surface area is 88.0 Å². The van der Waals surface area contributed by atoms with Crippen molar-refractivity contribution >= 4 is 23.6 Å². The fourth-order valence-corrected chi connectivity index (χ4v) is 1.26. The van der Waals surface area contributed by atoms with Crippen molar-refractivity contribution in [2.24, 2.45) is 11.5 Å². The summed E-state index contributed by atoms with van der Waals surface area (Å²) in [6.07, 6.45) is 2.54. The molecule has 0 fully saturated rings. The van der Waals surface area contributed by atoms with Crippen molar-refractivity contribution in [1.29, 1.82) is 0 Å². The fraction of sp³-hybridized carbons (Fsp3) is 0.750. The molecule has 2 amide bonds. The number of hydrogen-bond acceptors (Lipinski definition) is 4. The largest absolute Gasteiger partial charge is 0.368 e. The van der Waals surface area contributed by atoms with Gasteiger partial charge in [0, 0.05) is 0 Å². The summed E-state index contributed by atoms with van der Waals surface area (Å²) in [6.45, 7) is 1.53. The Bertz CT molecular complexity index is 211. The second kappa shape index (κ2) is 6.67. The number of carbonyl (C=O) groups is 2. The maximum absolute atomic E-state index is 11.3. The molecule has 2 atom stereocenters. The molecule has 0 aromatic heterocycles. The molecule has 0 rings (SSSR count). The summed E-state index contributed by atoms with van der Waals surface area (Å²) in [6, 6.07) is -1.23. The number of nitrogens with one attached hydrogen (secondary N) is 1. The molecule has 0 unspecified atom stereocenters. The highest BCUT2D eigenvalue weighted by Gasteiger charge is 2.17. The number of nitrogens with two attached hydrogens (primary N) is 2. The quantitative estimate of drug-likeness (QED) is 0.537. The predicted octanol–water partition coefficient (Wildman–Crippen LogP) is -0.943. The molecule has 6 heteroatoms. The molecule has 14 heavy (non-hydrogen) atoms. The summed E-state index contributed by atoms with van der Waals surface area (Å²) < 4.78 is 0. The van der Waals surface area contributed by atoms with E-state index in [0.29, 0.717) is 6.42 Å². The number of primary amides is 1. The monoisotopic (exact) mass is 219 g/mol. The van der Waals surface area contributed by atoms with Gasteiger partial charge in [0.25, 0.3) is 0 Å². The molecular weight excluding hydrogens is 202 g/mol. The van der Waals surface area contributed by atoms with Crippen LogP contribution in [0.2, 0.25) is 0 Å². The van der Waals surface area contributed by atoms with E-state index in [1.165, 1.54) is 6.92 Å². The topological polar surface area (TPSA) is 98.2 Å². The third kappa shape index (κ3) is 5.08. The highest BCUT2D eigenvalue weighted by Crippen LogP contribution is 1.98. The minimum absolute atomic E-state index is 0.328. The molecular formula is C8H17N3O2S. The van der Waals surface area contributed by atoms with Gasteiger partial charge in [0.2, 0.25) is 11.8 Å². The number of hydrogen-bond donors (Lipinski definition) is 3. The Balaban J connectivity index is 3.88. The van der Waals surface area contributed by atoms with Crippen molar-refractivity contribution in [2.45, 2.75) is 25.4 Å². The lowest BCUT2D eigenvalue weighted by Crippen LogP contribution is -2.49. The van der Waals surface area contributed by atoms with E-state index in [-0.39, 0.29) is 5.91 Å². The minimum atomic E-state index is -0.664. The van der Waals surface area contributed by atoms with Gasteiger partial charge < -0.3 is 16.8 Å². The van der Waals surface area contributed by atoms with Crippen LogP contribution < -0.4 is 16.8 Å². The minimum Gasteiger partial charge on any atom is -0.368 e. The van der Waals surface area contributed by atoms with Crippen LogP contribution in [0.3, 0.4) is 0 Å². The van der Waals surface area contributed by atoms with Gasteiger partial charge in [-0.05, 0) is 25.4 Å². The van der Waals surface area contributed by atoms with Crippen LogP contribution in [-0.2, 0) is 9.59 Å². The van der Waals surface area contributed by atoms with Crippen LogP contribution in [0.25, 0.3) is 0 Å². The van der Waals surface area contributed by atoms with Gasteiger partial charge in [-0.15, -0.1) is 0 Å². The van der Waals surface area contributed by atoms with Crippen LogP contribution in [0.15, 0.2) is 0 Å². The molecule has 0 aliphatic heterocycles. The maximum atomic E-state index is 11.3. The zero-order valence-electron chi connectivity index (χ0n) is 8.45. The summed E-state index contributed by atoms with van der Waals surface area (Å²) in [7, 11) is 0. The lowest BCUT2D eigenvalue weighted by Gasteiger charge is -2.14. The van der Waals surface area contributed by atoms with Crippen LogP contribution in [0.1, 0.15) is 13.3 Å². The molecule has 5 nitrogen and oxygen atoms in total. The molecule has 0 spiro atoms. The second-order valence-corrected chi connectivity index (χ2v) is 4.01. The first-order chi connectivity index (χ1) is 6.49. The standard InChI is InChI=1S/C8H17N3O2S/c1-5(7(10)12)11-8(13)6(9)3-4-14-2/h5-6H,3-4,9H2,1-2H3,(H2,10,12)(H,11,13)/t5-,6-/m0/s1. The SMILES string of the molecule is CSCC[C@H](N)C(=O)N[C@@H](C)C(N)=O. The van der Waals surface area contributed by atoms with Crippen LogP contribution in [0, 0.1) is 0 Å². The Kier molecular flexibility index (Phi) is 6.31. The van der Waals surface area contributed by atoms with E-state index < -0.39 is 18.0 Å². The third-order valence-corrected chi connectivity index (χ3v) is 2.40. The van der Waals surface area contributed by atoms with Gasteiger partial charge >= 0.3 is 0 Å². The fourth-order valence-electron chi connectivity index (χ4n) is 0.767. The predicted molar refractivity (Wildman–Crippen MR) is 57.8 cm³/mol. The molecule has 0 aromatic carbocycles. The van der Waals surface area contributed by atoms with Crippen molar-refractivity contribution < 1.29 is 9.59 Å². The van der Waals surface area contributed by atoms with E-state index in [1.807, 2.05) is 6.26 Å². The first-order valence-electron chi connectivity index (χ1n) is 4.33. The van der Waals surface area contributed by atoms with Gasteiger partial charge in [0.15, 0.2) is 0 Å². The average Bonchev–Trinajstić information content (AvgIpc) is 2.13. The average molecular weight is 219 g/mol. The molecule has 0 aliphatic rings. The Morgan fingerprint density at radius 1 is 1.50 bits per heavy atom. The summed E-state index contributed by atoms with van der Waals surface area (Å²) in [4.78, 5) is 21.9. The summed E-state index contributed by atoms with van der Waals surface area (Å²) in [5.41, 5.74) is 10.6. The number of amides is 2.